The smallest absolute Gasteiger partial charge is 0.00504 e. The molecule has 1 aromatic carbocycles. The summed E-state index contributed by atoms with van der Waals surface area (Å²) in [6, 6.07) is 8.89. The third-order valence-corrected chi connectivity index (χ3v) is 3.67. The number of halogens is 1. The Kier molecular flexibility index (Phi) is 6.01. The van der Waals surface area contributed by atoms with Crippen LogP contribution >= 0.6 is 12.4 Å². The van der Waals surface area contributed by atoms with Crippen molar-refractivity contribution in [2.24, 2.45) is 0 Å². The second-order valence-electron chi connectivity index (χ2n) is 5.00. The average molecular weight is 254 g/mol. The number of hydrogen-bond donors (Lipinski definition) is 0. The molecule has 1 heterocycles. The van der Waals surface area contributed by atoms with Crippen molar-refractivity contribution in [3.8, 4) is 0 Å². The quantitative estimate of drug-likeness (QED) is 0.787. The molecule has 0 spiro atoms. The standard InChI is InChI=1S/C15H23N.ClH/c1-3-10-16-11-6-8-14(12-16)15-9-5-4-7-13(15)2;/h4-5,7,9,14H,3,6,8,10-12H2,1-2H3;1H. The number of likely N-dealkylation sites (tertiary alicyclic amines) is 1. The van der Waals surface area contributed by atoms with Gasteiger partial charge in [0, 0.05) is 6.54 Å². The van der Waals surface area contributed by atoms with Crippen LogP contribution in [0.25, 0.3) is 0 Å². The van der Waals surface area contributed by atoms with Gasteiger partial charge in [0.15, 0.2) is 0 Å². The van der Waals surface area contributed by atoms with Crippen LogP contribution in [-0.4, -0.2) is 24.5 Å². The lowest BCUT2D eigenvalue weighted by atomic mass is 9.88. The molecule has 0 aromatic heterocycles. The molecular formula is C15H24ClN. The zero-order valence-corrected chi connectivity index (χ0v) is 11.8. The van der Waals surface area contributed by atoms with E-state index in [2.05, 4.69) is 43.0 Å². The molecule has 1 nitrogen and oxygen atoms in total. The van der Waals surface area contributed by atoms with E-state index in [4.69, 9.17) is 0 Å². The predicted molar refractivity (Wildman–Crippen MR) is 77.1 cm³/mol. The monoisotopic (exact) mass is 253 g/mol. The first-order valence-electron chi connectivity index (χ1n) is 6.59. The van der Waals surface area contributed by atoms with Crippen LogP contribution in [0.4, 0.5) is 0 Å². The van der Waals surface area contributed by atoms with Crippen LogP contribution in [-0.2, 0) is 0 Å². The highest BCUT2D eigenvalue weighted by Gasteiger charge is 2.21. The highest BCUT2D eigenvalue weighted by Crippen LogP contribution is 2.28. The van der Waals surface area contributed by atoms with E-state index in [1.807, 2.05) is 0 Å². The Morgan fingerprint density at radius 2 is 2.06 bits per heavy atom. The Hall–Kier alpha value is -0.530. The third kappa shape index (κ3) is 3.72. The van der Waals surface area contributed by atoms with E-state index in [1.165, 1.54) is 44.5 Å². The number of piperidine rings is 1. The SMILES string of the molecule is CCCN1CCCC(c2ccccc2C)C1.Cl. The molecule has 0 saturated carbocycles. The van der Waals surface area contributed by atoms with Crippen LogP contribution in [0.1, 0.15) is 43.2 Å². The second kappa shape index (κ2) is 7.03. The van der Waals surface area contributed by atoms with Gasteiger partial charge in [-0.15, -0.1) is 12.4 Å². The van der Waals surface area contributed by atoms with Crippen molar-refractivity contribution < 1.29 is 0 Å². The van der Waals surface area contributed by atoms with E-state index in [9.17, 15) is 0 Å². The van der Waals surface area contributed by atoms with E-state index in [0.717, 1.165) is 5.92 Å². The number of aryl methyl sites for hydroxylation is 1. The van der Waals surface area contributed by atoms with Crippen LogP contribution in [0.5, 0.6) is 0 Å². The van der Waals surface area contributed by atoms with Gasteiger partial charge in [0.1, 0.15) is 0 Å². The summed E-state index contributed by atoms with van der Waals surface area (Å²) in [5, 5.41) is 0. The molecule has 0 aliphatic carbocycles. The Labute approximate surface area is 112 Å². The van der Waals surface area contributed by atoms with Gasteiger partial charge in [-0.3, -0.25) is 0 Å². The lowest BCUT2D eigenvalue weighted by Crippen LogP contribution is -2.35. The summed E-state index contributed by atoms with van der Waals surface area (Å²) in [6.07, 6.45) is 4.00. The molecular weight excluding hydrogens is 230 g/mol. The van der Waals surface area contributed by atoms with E-state index < -0.39 is 0 Å². The summed E-state index contributed by atoms with van der Waals surface area (Å²) < 4.78 is 0. The molecule has 0 N–H and O–H groups in total. The van der Waals surface area contributed by atoms with Crippen LogP contribution in [0.3, 0.4) is 0 Å². The van der Waals surface area contributed by atoms with Gasteiger partial charge >= 0.3 is 0 Å². The fraction of sp³-hybridized carbons (Fsp3) is 0.600. The van der Waals surface area contributed by atoms with E-state index >= 15 is 0 Å². The molecule has 0 bridgehead atoms. The van der Waals surface area contributed by atoms with Gasteiger partial charge in [-0.2, -0.15) is 0 Å². The third-order valence-electron chi connectivity index (χ3n) is 3.67. The highest BCUT2D eigenvalue weighted by molar-refractivity contribution is 5.85. The van der Waals surface area contributed by atoms with Gasteiger partial charge in [-0.25, -0.2) is 0 Å². The van der Waals surface area contributed by atoms with Crippen molar-refractivity contribution in [1.82, 2.24) is 4.90 Å². The zero-order chi connectivity index (χ0) is 11.4. The van der Waals surface area contributed by atoms with Gasteiger partial charge in [0.2, 0.25) is 0 Å². The predicted octanol–water partition coefficient (Wildman–Crippen LogP) is 4.01. The van der Waals surface area contributed by atoms with Gasteiger partial charge in [-0.05, 0) is 56.3 Å². The Bertz CT molecular complexity index is 335. The molecule has 0 amide bonds. The van der Waals surface area contributed by atoms with E-state index in [1.54, 1.807) is 5.56 Å². The topological polar surface area (TPSA) is 3.24 Å². The Morgan fingerprint density at radius 3 is 2.76 bits per heavy atom. The number of hydrogen-bond acceptors (Lipinski definition) is 1. The molecule has 0 radical (unpaired) electrons. The highest BCUT2D eigenvalue weighted by atomic mass is 35.5. The van der Waals surface area contributed by atoms with Crippen molar-refractivity contribution in [2.75, 3.05) is 19.6 Å². The molecule has 1 aromatic rings. The van der Waals surface area contributed by atoms with E-state index in [-0.39, 0.29) is 12.4 Å². The van der Waals surface area contributed by atoms with Crippen LogP contribution in [0, 0.1) is 6.92 Å². The largest absolute Gasteiger partial charge is 0.303 e. The molecule has 1 saturated heterocycles. The molecule has 1 aliphatic rings. The van der Waals surface area contributed by atoms with Crippen LogP contribution < -0.4 is 0 Å². The van der Waals surface area contributed by atoms with Gasteiger partial charge < -0.3 is 4.90 Å². The molecule has 1 atom stereocenters. The summed E-state index contributed by atoms with van der Waals surface area (Å²) in [5.41, 5.74) is 3.04. The molecule has 17 heavy (non-hydrogen) atoms. The summed E-state index contributed by atoms with van der Waals surface area (Å²) in [5.74, 6) is 0.765. The maximum atomic E-state index is 2.63. The van der Waals surface area contributed by atoms with Crippen LogP contribution in [0.2, 0.25) is 0 Å². The van der Waals surface area contributed by atoms with Crippen LogP contribution in [0.15, 0.2) is 24.3 Å². The fourth-order valence-corrected chi connectivity index (χ4v) is 2.87. The van der Waals surface area contributed by atoms with Crippen molar-refractivity contribution >= 4 is 12.4 Å². The van der Waals surface area contributed by atoms with Gasteiger partial charge in [0.05, 0.1) is 0 Å². The lowest BCUT2D eigenvalue weighted by molar-refractivity contribution is 0.208. The first kappa shape index (κ1) is 14.5. The Balaban J connectivity index is 0.00000144. The molecule has 1 unspecified atom stereocenters. The maximum absolute atomic E-state index is 2.63. The minimum atomic E-state index is 0. The first-order valence-corrected chi connectivity index (χ1v) is 6.59. The molecule has 1 aliphatic heterocycles. The normalized spacial score (nSPS) is 20.9. The van der Waals surface area contributed by atoms with Crippen molar-refractivity contribution in [3.05, 3.63) is 35.4 Å². The summed E-state index contributed by atoms with van der Waals surface area (Å²) in [6.45, 7) is 8.35. The minimum absolute atomic E-state index is 0. The molecule has 96 valence electrons. The average Bonchev–Trinajstić information content (AvgIpc) is 2.30. The van der Waals surface area contributed by atoms with Crippen molar-refractivity contribution in [2.45, 2.75) is 39.0 Å². The summed E-state index contributed by atoms with van der Waals surface area (Å²) in [7, 11) is 0. The van der Waals surface area contributed by atoms with E-state index in [0.29, 0.717) is 0 Å². The maximum Gasteiger partial charge on any atom is 0.00504 e. The Morgan fingerprint density at radius 1 is 1.29 bits per heavy atom. The number of benzene rings is 1. The van der Waals surface area contributed by atoms with Gasteiger partial charge in [-0.1, -0.05) is 31.2 Å². The molecule has 2 heteroatoms. The van der Waals surface area contributed by atoms with Gasteiger partial charge in [0.25, 0.3) is 0 Å². The molecule has 1 fully saturated rings. The zero-order valence-electron chi connectivity index (χ0n) is 11.0. The summed E-state index contributed by atoms with van der Waals surface area (Å²) in [4.78, 5) is 2.63. The lowest BCUT2D eigenvalue weighted by Gasteiger charge is -2.33. The van der Waals surface area contributed by atoms with Crippen molar-refractivity contribution in [1.29, 1.82) is 0 Å². The molecule has 2 rings (SSSR count). The van der Waals surface area contributed by atoms with Crippen molar-refractivity contribution in [3.63, 3.8) is 0 Å². The first-order chi connectivity index (χ1) is 7.81. The summed E-state index contributed by atoms with van der Waals surface area (Å²) >= 11 is 0. The fourth-order valence-electron chi connectivity index (χ4n) is 2.87. The number of rotatable bonds is 3. The number of nitrogens with zero attached hydrogens (tertiary/aromatic N) is 1. The second-order valence-corrected chi connectivity index (χ2v) is 5.00. The minimum Gasteiger partial charge on any atom is -0.303 e.